The zero-order chi connectivity index (χ0) is 9.57. The molecule has 0 aromatic heterocycles. The van der Waals surface area contributed by atoms with Gasteiger partial charge in [-0.25, -0.2) is 4.39 Å². The number of hydrogen-bond acceptors (Lipinski definition) is 0. The molecule has 0 saturated heterocycles. The fourth-order valence-corrected chi connectivity index (χ4v) is 2.17. The molecule has 0 aromatic carbocycles. The van der Waals surface area contributed by atoms with Gasteiger partial charge in [-0.15, -0.1) is 0 Å². The Morgan fingerprint density at radius 3 is 1.38 bits per heavy atom. The Hall–Kier alpha value is -0.0700. The maximum absolute atomic E-state index is 13.8. The first-order chi connectivity index (χ1) is 6.21. The Morgan fingerprint density at radius 2 is 1.00 bits per heavy atom. The molecule has 0 heterocycles. The monoisotopic (exact) mass is 186 g/mol. The van der Waals surface area contributed by atoms with Crippen LogP contribution >= 0.6 is 0 Å². The Balaban J connectivity index is 2.27. The summed E-state index contributed by atoms with van der Waals surface area (Å²) >= 11 is 0. The first kappa shape index (κ1) is 11.0. The summed E-state index contributed by atoms with van der Waals surface area (Å²) in [5.41, 5.74) is -0.871. The van der Waals surface area contributed by atoms with Crippen LogP contribution in [0, 0.1) is 0 Å². The Bertz CT molecular complexity index is 115. The second-order valence-electron chi connectivity index (χ2n) is 4.74. The average molecular weight is 186 g/mol. The molecule has 0 aromatic rings. The topological polar surface area (TPSA) is 0 Å². The Labute approximate surface area is 81.9 Å². The predicted octanol–water partition coefficient (Wildman–Crippen LogP) is 4.63. The molecule has 0 N–H and O–H groups in total. The largest absolute Gasteiger partial charge is 0.244 e. The SMILES string of the molecule is CC1(F)CCCCCCCCCC1. The van der Waals surface area contributed by atoms with Crippen LogP contribution in [-0.2, 0) is 0 Å². The Kier molecular flexibility index (Phi) is 4.76. The molecule has 1 rings (SSSR count). The summed E-state index contributed by atoms with van der Waals surface area (Å²) in [6.45, 7) is 1.78. The average Bonchev–Trinajstić information content (AvgIpc) is 2.10. The quantitative estimate of drug-likeness (QED) is 0.517. The van der Waals surface area contributed by atoms with Crippen LogP contribution < -0.4 is 0 Å². The summed E-state index contributed by atoms with van der Waals surface area (Å²) in [5.74, 6) is 0. The third-order valence-corrected chi connectivity index (χ3v) is 3.15. The highest BCUT2D eigenvalue weighted by atomic mass is 19.1. The maximum atomic E-state index is 13.8. The van der Waals surface area contributed by atoms with Crippen molar-refractivity contribution in [2.75, 3.05) is 0 Å². The van der Waals surface area contributed by atoms with E-state index in [1.165, 1.54) is 38.5 Å². The lowest BCUT2D eigenvalue weighted by molar-refractivity contribution is 0.152. The summed E-state index contributed by atoms with van der Waals surface area (Å²) in [7, 11) is 0. The van der Waals surface area contributed by atoms with E-state index in [-0.39, 0.29) is 0 Å². The highest BCUT2D eigenvalue weighted by Gasteiger charge is 2.21. The minimum atomic E-state index is -0.871. The van der Waals surface area contributed by atoms with Gasteiger partial charge in [0, 0.05) is 0 Å². The van der Waals surface area contributed by atoms with Crippen LogP contribution in [0.5, 0.6) is 0 Å². The van der Waals surface area contributed by atoms with Crippen LogP contribution in [0.25, 0.3) is 0 Å². The number of rotatable bonds is 0. The van der Waals surface area contributed by atoms with E-state index in [2.05, 4.69) is 0 Å². The summed E-state index contributed by atoms with van der Waals surface area (Å²) in [6.07, 6.45) is 11.6. The van der Waals surface area contributed by atoms with E-state index in [4.69, 9.17) is 0 Å². The van der Waals surface area contributed by atoms with Crippen LogP contribution in [0.4, 0.5) is 4.39 Å². The lowest BCUT2D eigenvalue weighted by Gasteiger charge is -2.19. The summed E-state index contributed by atoms with van der Waals surface area (Å²) in [4.78, 5) is 0. The smallest absolute Gasteiger partial charge is 0.108 e. The molecule has 0 amide bonds. The molecule has 0 bridgehead atoms. The molecular formula is C12H23F. The fourth-order valence-electron chi connectivity index (χ4n) is 2.17. The molecule has 0 atom stereocenters. The Morgan fingerprint density at radius 1 is 0.692 bits per heavy atom. The van der Waals surface area contributed by atoms with Crippen molar-refractivity contribution in [3.05, 3.63) is 0 Å². The molecule has 0 nitrogen and oxygen atoms in total. The first-order valence-electron chi connectivity index (χ1n) is 5.90. The van der Waals surface area contributed by atoms with Crippen molar-refractivity contribution in [2.24, 2.45) is 0 Å². The zero-order valence-corrected chi connectivity index (χ0v) is 8.95. The minimum Gasteiger partial charge on any atom is -0.244 e. The van der Waals surface area contributed by atoms with Gasteiger partial charge in [0.15, 0.2) is 0 Å². The van der Waals surface area contributed by atoms with Crippen LogP contribution in [0.3, 0.4) is 0 Å². The van der Waals surface area contributed by atoms with E-state index in [0.29, 0.717) is 0 Å². The van der Waals surface area contributed by atoms with Crippen molar-refractivity contribution in [2.45, 2.75) is 76.8 Å². The van der Waals surface area contributed by atoms with Crippen LogP contribution in [0.2, 0.25) is 0 Å². The van der Waals surface area contributed by atoms with Crippen molar-refractivity contribution in [1.82, 2.24) is 0 Å². The third-order valence-electron chi connectivity index (χ3n) is 3.15. The van der Waals surface area contributed by atoms with Crippen molar-refractivity contribution >= 4 is 0 Å². The highest BCUT2D eigenvalue weighted by Crippen LogP contribution is 2.27. The molecule has 0 radical (unpaired) electrons. The van der Waals surface area contributed by atoms with E-state index < -0.39 is 5.67 Å². The molecule has 1 aliphatic rings. The lowest BCUT2D eigenvalue weighted by Crippen LogP contribution is -2.17. The molecule has 13 heavy (non-hydrogen) atoms. The van der Waals surface area contributed by atoms with Crippen molar-refractivity contribution in [1.29, 1.82) is 0 Å². The molecule has 1 fully saturated rings. The molecule has 0 unspecified atom stereocenters. The third kappa shape index (κ3) is 5.28. The standard InChI is InChI=1S/C12H23F/c1-12(13)10-8-6-4-2-3-5-7-9-11-12/h2-11H2,1H3. The minimum absolute atomic E-state index is 0.785. The molecule has 0 aliphatic heterocycles. The van der Waals surface area contributed by atoms with Gasteiger partial charge < -0.3 is 0 Å². The van der Waals surface area contributed by atoms with Gasteiger partial charge in [-0.2, -0.15) is 0 Å². The van der Waals surface area contributed by atoms with Gasteiger partial charge in [0.25, 0.3) is 0 Å². The van der Waals surface area contributed by atoms with Crippen LogP contribution in [0.15, 0.2) is 0 Å². The number of halogens is 1. The zero-order valence-electron chi connectivity index (χ0n) is 8.95. The second-order valence-corrected chi connectivity index (χ2v) is 4.74. The van der Waals surface area contributed by atoms with Crippen molar-refractivity contribution < 1.29 is 4.39 Å². The highest BCUT2D eigenvalue weighted by molar-refractivity contribution is 4.73. The first-order valence-corrected chi connectivity index (χ1v) is 5.90. The molecule has 1 saturated carbocycles. The molecule has 1 aliphatic carbocycles. The summed E-state index contributed by atoms with van der Waals surface area (Å²) in [6, 6.07) is 0. The van der Waals surface area contributed by atoms with Gasteiger partial charge in [-0.1, -0.05) is 51.4 Å². The van der Waals surface area contributed by atoms with E-state index in [9.17, 15) is 4.39 Å². The number of hydrogen-bond donors (Lipinski definition) is 0. The predicted molar refractivity (Wildman–Crippen MR) is 55.7 cm³/mol. The summed E-state index contributed by atoms with van der Waals surface area (Å²) < 4.78 is 13.8. The molecular weight excluding hydrogens is 163 g/mol. The van der Waals surface area contributed by atoms with E-state index >= 15 is 0 Å². The van der Waals surface area contributed by atoms with Crippen molar-refractivity contribution in [3.8, 4) is 0 Å². The van der Waals surface area contributed by atoms with Gasteiger partial charge in [0.2, 0.25) is 0 Å². The summed E-state index contributed by atoms with van der Waals surface area (Å²) in [5, 5.41) is 0. The second kappa shape index (κ2) is 5.62. The van der Waals surface area contributed by atoms with Crippen molar-refractivity contribution in [3.63, 3.8) is 0 Å². The van der Waals surface area contributed by atoms with Crippen LogP contribution in [-0.4, -0.2) is 5.67 Å². The molecule has 1 heteroatoms. The van der Waals surface area contributed by atoms with E-state index in [0.717, 1.165) is 25.7 Å². The molecule has 0 spiro atoms. The maximum Gasteiger partial charge on any atom is 0.108 e. The number of alkyl halides is 1. The van der Waals surface area contributed by atoms with Gasteiger partial charge in [0.1, 0.15) is 5.67 Å². The van der Waals surface area contributed by atoms with Gasteiger partial charge in [0.05, 0.1) is 0 Å². The van der Waals surface area contributed by atoms with E-state index in [1.807, 2.05) is 0 Å². The molecule has 78 valence electrons. The normalized spacial score (nSPS) is 26.3. The lowest BCUT2D eigenvalue weighted by atomic mass is 9.94. The van der Waals surface area contributed by atoms with Gasteiger partial charge in [-0.3, -0.25) is 0 Å². The van der Waals surface area contributed by atoms with Gasteiger partial charge >= 0.3 is 0 Å². The van der Waals surface area contributed by atoms with Crippen LogP contribution in [0.1, 0.15) is 71.1 Å². The fraction of sp³-hybridized carbons (Fsp3) is 1.00. The van der Waals surface area contributed by atoms with Gasteiger partial charge in [-0.05, 0) is 19.8 Å². The van der Waals surface area contributed by atoms with E-state index in [1.54, 1.807) is 6.92 Å².